The van der Waals surface area contributed by atoms with Crippen molar-refractivity contribution in [2.24, 2.45) is 10.9 Å². The molecule has 1 atom stereocenters. The van der Waals surface area contributed by atoms with Gasteiger partial charge in [0.25, 0.3) is 0 Å². The van der Waals surface area contributed by atoms with Gasteiger partial charge in [-0.25, -0.2) is 0 Å². The molecule has 0 aromatic rings. The molecule has 0 aromatic heterocycles. The second-order valence-corrected chi connectivity index (χ2v) is 10.1. The van der Waals surface area contributed by atoms with Crippen molar-refractivity contribution in [3.63, 3.8) is 0 Å². The summed E-state index contributed by atoms with van der Waals surface area (Å²) in [5.74, 6) is 4.71. The van der Waals surface area contributed by atoms with E-state index in [0.717, 1.165) is 12.0 Å². The summed E-state index contributed by atoms with van der Waals surface area (Å²) in [5, 5.41) is 7.51. The highest BCUT2D eigenvalue weighted by atomic mass is 16.2. The lowest BCUT2D eigenvalue weighted by atomic mass is 10.0. The smallest absolute Gasteiger partial charge is 0.243 e. The number of hydrogen-bond acceptors (Lipinski definition) is 6. The molecule has 1 unspecified atom stereocenters. The third-order valence-corrected chi connectivity index (χ3v) is 5.87. The van der Waals surface area contributed by atoms with Gasteiger partial charge in [-0.15, -0.1) is 0 Å². The first kappa shape index (κ1) is 40.9. The predicted molar refractivity (Wildman–Crippen MR) is 174 cm³/mol. The van der Waals surface area contributed by atoms with Gasteiger partial charge in [-0.1, -0.05) is 72.0 Å². The number of nitrogens with one attached hydrogen (secondary N) is 3. The summed E-state index contributed by atoms with van der Waals surface area (Å²) in [5.41, 5.74) is 0.805. The Morgan fingerprint density at radius 1 is 0.929 bits per heavy atom. The minimum atomic E-state index is -0.750. The van der Waals surface area contributed by atoms with Gasteiger partial charge in [0.05, 0.1) is 13.1 Å². The Bertz CT molecular complexity index is 894. The minimum Gasteiger partial charge on any atom is -0.348 e. The number of hydrogen-bond donors (Lipinski definition) is 3. The summed E-state index contributed by atoms with van der Waals surface area (Å²) in [7, 11) is 0. The lowest BCUT2D eigenvalue weighted by molar-refractivity contribution is -0.131. The van der Waals surface area contributed by atoms with E-state index in [0.29, 0.717) is 19.1 Å². The van der Waals surface area contributed by atoms with E-state index >= 15 is 0 Å². The Labute approximate surface area is 255 Å². The zero-order valence-corrected chi connectivity index (χ0v) is 27.3. The standard InChI is InChI=1S/C23H34N4O4.C10H23N/c1-5-7-13-24-16-19(6-2)11-9-8-10-12-20(29)27-22(18(3)4)23(31)26-17-21(30)25-14-15-28;1-4-7-10-11(8-5-2)9-6-3/h6-7,13,15-16,18,22H,5,8,10,12,14,17H2,1-4H3,(H,25,30)(H,26,31)(H,27,29);4-10H2,1-3H3/b13-7+,19-6-,24-16+;. The fourth-order valence-electron chi connectivity index (χ4n) is 3.60. The van der Waals surface area contributed by atoms with Crippen LogP contribution >= 0.6 is 0 Å². The zero-order valence-electron chi connectivity index (χ0n) is 27.3. The van der Waals surface area contributed by atoms with Crippen LogP contribution in [0, 0.1) is 17.8 Å². The summed E-state index contributed by atoms with van der Waals surface area (Å²) in [6.45, 7) is 17.8. The molecule has 9 nitrogen and oxygen atoms in total. The van der Waals surface area contributed by atoms with E-state index in [4.69, 9.17) is 0 Å². The van der Waals surface area contributed by atoms with Crippen LogP contribution in [0.2, 0.25) is 0 Å². The van der Waals surface area contributed by atoms with Crippen LogP contribution in [0.15, 0.2) is 28.9 Å². The monoisotopic (exact) mass is 587 g/mol. The number of allylic oxidation sites excluding steroid dienone is 3. The van der Waals surface area contributed by atoms with Gasteiger partial charge in [0, 0.05) is 30.8 Å². The predicted octanol–water partition coefficient (Wildman–Crippen LogP) is 4.58. The SMILES string of the molecule is CCCCN(CCC)CCC.C\C=C(C#CCCCC(=O)NC(C(=O)NCC(=O)NCC=O)C(C)C)/C=N/C=C/CC. The molecule has 42 heavy (non-hydrogen) atoms. The molecule has 0 aliphatic heterocycles. The number of amides is 3. The molecule has 0 saturated carbocycles. The average Bonchev–Trinajstić information content (AvgIpc) is 2.97. The fourth-order valence-corrected chi connectivity index (χ4v) is 3.60. The molecule has 238 valence electrons. The first-order valence-corrected chi connectivity index (χ1v) is 15.5. The van der Waals surface area contributed by atoms with Crippen molar-refractivity contribution in [3.8, 4) is 11.8 Å². The summed E-state index contributed by atoms with van der Waals surface area (Å²) < 4.78 is 0. The lowest BCUT2D eigenvalue weighted by Gasteiger charge is -2.21. The van der Waals surface area contributed by atoms with Gasteiger partial charge in [0.2, 0.25) is 17.7 Å². The lowest BCUT2D eigenvalue weighted by Crippen LogP contribution is -2.51. The van der Waals surface area contributed by atoms with Crippen LogP contribution < -0.4 is 16.0 Å². The number of nitrogens with zero attached hydrogens (tertiary/aromatic N) is 2. The van der Waals surface area contributed by atoms with Gasteiger partial charge in [-0.3, -0.25) is 19.4 Å². The molecule has 0 aromatic carbocycles. The van der Waals surface area contributed by atoms with Gasteiger partial charge in [0.1, 0.15) is 12.3 Å². The van der Waals surface area contributed by atoms with Crippen LogP contribution in [0.1, 0.15) is 99.8 Å². The number of rotatable bonds is 20. The van der Waals surface area contributed by atoms with Crippen molar-refractivity contribution in [1.29, 1.82) is 0 Å². The van der Waals surface area contributed by atoms with E-state index in [1.807, 2.05) is 26.0 Å². The number of carbonyl (C=O) groups is 4. The average molecular weight is 588 g/mol. The van der Waals surface area contributed by atoms with E-state index in [-0.39, 0.29) is 31.3 Å². The normalized spacial score (nSPS) is 12.0. The maximum atomic E-state index is 12.3. The van der Waals surface area contributed by atoms with E-state index in [9.17, 15) is 19.2 Å². The number of carbonyl (C=O) groups excluding carboxylic acids is 4. The molecule has 9 heteroatoms. The quantitative estimate of drug-likeness (QED) is 0.0834. The first-order chi connectivity index (χ1) is 20.2. The van der Waals surface area contributed by atoms with Crippen LogP contribution in [0.5, 0.6) is 0 Å². The van der Waals surface area contributed by atoms with E-state index in [1.54, 1.807) is 26.3 Å². The number of unbranched alkanes of at least 4 members (excludes halogenated alkanes) is 2. The van der Waals surface area contributed by atoms with Gasteiger partial charge < -0.3 is 25.6 Å². The number of aliphatic imine (C=N–C) groups is 1. The van der Waals surface area contributed by atoms with Crippen LogP contribution in [0.4, 0.5) is 0 Å². The van der Waals surface area contributed by atoms with Crippen molar-refractivity contribution in [2.45, 2.75) is 106 Å². The molecule has 0 spiro atoms. The summed E-state index contributed by atoms with van der Waals surface area (Å²) in [6, 6.07) is -0.750. The first-order valence-electron chi connectivity index (χ1n) is 15.5. The third-order valence-electron chi connectivity index (χ3n) is 5.87. The van der Waals surface area contributed by atoms with Crippen molar-refractivity contribution < 1.29 is 19.2 Å². The molecule has 0 bridgehead atoms. The highest BCUT2D eigenvalue weighted by molar-refractivity contribution is 5.91. The molecule has 0 aliphatic rings. The maximum absolute atomic E-state index is 12.3. The Morgan fingerprint density at radius 2 is 1.62 bits per heavy atom. The van der Waals surface area contributed by atoms with Gasteiger partial charge in [-0.2, -0.15) is 0 Å². The molecule has 0 rings (SSSR count). The van der Waals surface area contributed by atoms with E-state index < -0.39 is 17.9 Å². The Kier molecular flexibility index (Phi) is 28.5. The minimum absolute atomic E-state index is 0.111. The summed E-state index contributed by atoms with van der Waals surface area (Å²) in [6.07, 6.45) is 15.3. The summed E-state index contributed by atoms with van der Waals surface area (Å²) in [4.78, 5) is 52.9. The Balaban J connectivity index is 0. The number of aldehydes is 1. The molecule has 0 fully saturated rings. The van der Waals surface area contributed by atoms with Crippen molar-refractivity contribution in [3.05, 3.63) is 23.9 Å². The highest BCUT2D eigenvalue weighted by Gasteiger charge is 2.24. The van der Waals surface area contributed by atoms with Gasteiger partial charge in [0.15, 0.2) is 0 Å². The molecule has 0 saturated heterocycles. The Hall–Kier alpha value is -3.25. The molecular weight excluding hydrogens is 530 g/mol. The van der Waals surface area contributed by atoms with Crippen LogP contribution in [-0.4, -0.2) is 73.9 Å². The van der Waals surface area contributed by atoms with Crippen LogP contribution in [0.3, 0.4) is 0 Å². The third kappa shape index (κ3) is 24.5. The molecule has 3 amide bonds. The molecule has 3 N–H and O–H groups in total. The fraction of sp³-hybridized carbons (Fsp3) is 0.667. The molecule has 0 aliphatic carbocycles. The van der Waals surface area contributed by atoms with Gasteiger partial charge in [-0.05, 0) is 64.6 Å². The zero-order chi connectivity index (χ0) is 32.0. The highest BCUT2D eigenvalue weighted by Crippen LogP contribution is 2.04. The van der Waals surface area contributed by atoms with Crippen molar-refractivity contribution >= 4 is 30.2 Å². The van der Waals surface area contributed by atoms with Crippen molar-refractivity contribution in [2.75, 3.05) is 32.7 Å². The topological polar surface area (TPSA) is 120 Å². The van der Waals surface area contributed by atoms with Crippen LogP contribution in [0.25, 0.3) is 0 Å². The van der Waals surface area contributed by atoms with E-state index in [1.165, 1.54) is 45.3 Å². The maximum Gasteiger partial charge on any atom is 0.243 e. The second-order valence-electron chi connectivity index (χ2n) is 10.1. The molecule has 0 heterocycles. The second kappa shape index (κ2) is 29.2. The van der Waals surface area contributed by atoms with Crippen LogP contribution in [-0.2, 0) is 19.2 Å². The Morgan fingerprint density at radius 3 is 2.17 bits per heavy atom. The van der Waals surface area contributed by atoms with E-state index in [2.05, 4.69) is 58.5 Å². The largest absolute Gasteiger partial charge is 0.348 e. The molecular formula is C33H57N5O4. The summed E-state index contributed by atoms with van der Waals surface area (Å²) >= 11 is 0. The van der Waals surface area contributed by atoms with Gasteiger partial charge >= 0.3 is 0 Å². The van der Waals surface area contributed by atoms with Crippen molar-refractivity contribution in [1.82, 2.24) is 20.9 Å². The molecule has 0 radical (unpaired) electrons.